The lowest BCUT2D eigenvalue weighted by molar-refractivity contribution is 0.188. The first-order chi connectivity index (χ1) is 10.1. The summed E-state index contributed by atoms with van der Waals surface area (Å²) in [5, 5.41) is 11.6. The maximum absolute atomic E-state index is 10.9. The zero-order valence-electron chi connectivity index (χ0n) is 12.1. The average molecular weight is 281 g/mol. The topological polar surface area (TPSA) is 49.3 Å². The molecule has 0 fully saturated rings. The maximum atomic E-state index is 10.9. The van der Waals surface area contributed by atoms with Gasteiger partial charge in [0.05, 0.1) is 6.04 Å². The molecule has 1 unspecified atom stereocenters. The summed E-state index contributed by atoms with van der Waals surface area (Å²) in [5.41, 5.74) is 6.04. The van der Waals surface area contributed by atoms with Crippen molar-refractivity contribution in [1.29, 1.82) is 0 Å². The Morgan fingerprint density at radius 2 is 1.86 bits per heavy atom. The average Bonchev–Trinajstić information content (AvgIpc) is 2.47. The highest BCUT2D eigenvalue weighted by Crippen LogP contribution is 2.33. The SMILES string of the molecule is Cc1ccc(-c2ccc3c(c2)CCCC3NC(=O)O)cc1. The number of carbonyl (C=O) groups is 1. The van der Waals surface area contributed by atoms with E-state index in [1.54, 1.807) is 0 Å². The summed E-state index contributed by atoms with van der Waals surface area (Å²) in [6.07, 6.45) is 1.97. The molecule has 3 heteroatoms. The van der Waals surface area contributed by atoms with Crippen LogP contribution in [-0.4, -0.2) is 11.2 Å². The van der Waals surface area contributed by atoms with Gasteiger partial charge in [-0.1, -0.05) is 48.0 Å². The zero-order valence-corrected chi connectivity index (χ0v) is 12.1. The van der Waals surface area contributed by atoms with Crippen LogP contribution in [0.25, 0.3) is 11.1 Å². The van der Waals surface area contributed by atoms with E-state index in [9.17, 15) is 4.79 Å². The second-order valence-corrected chi connectivity index (χ2v) is 5.67. The van der Waals surface area contributed by atoms with Crippen molar-refractivity contribution in [3.05, 3.63) is 59.2 Å². The summed E-state index contributed by atoms with van der Waals surface area (Å²) in [6.45, 7) is 2.08. The molecule has 1 aliphatic carbocycles. The van der Waals surface area contributed by atoms with E-state index >= 15 is 0 Å². The summed E-state index contributed by atoms with van der Waals surface area (Å²) in [7, 11) is 0. The molecule has 0 radical (unpaired) electrons. The predicted molar refractivity (Wildman–Crippen MR) is 83.5 cm³/mol. The monoisotopic (exact) mass is 281 g/mol. The third-order valence-electron chi connectivity index (χ3n) is 4.14. The van der Waals surface area contributed by atoms with Crippen molar-refractivity contribution in [1.82, 2.24) is 5.32 Å². The number of benzene rings is 2. The molecule has 21 heavy (non-hydrogen) atoms. The van der Waals surface area contributed by atoms with Gasteiger partial charge in [-0.2, -0.15) is 0 Å². The Kier molecular flexibility index (Phi) is 3.65. The van der Waals surface area contributed by atoms with Gasteiger partial charge in [-0.3, -0.25) is 0 Å². The molecule has 0 aromatic heterocycles. The van der Waals surface area contributed by atoms with Crippen LogP contribution in [0.2, 0.25) is 0 Å². The number of aryl methyl sites for hydroxylation is 2. The van der Waals surface area contributed by atoms with Crippen molar-refractivity contribution < 1.29 is 9.90 Å². The lowest BCUT2D eigenvalue weighted by atomic mass is 9.85. The van der Waals surface area contributed by atoms with Gasteiger partial charge in [0.15, 0.2) is 0 Å². The number of fused-ring (bicyclic) bond motifs is 1. The van der Waals surface area contributed by atoms with Crippen molar-refractivity contribution >= 4 is 6.09 Å². The number of carboxylic acid groups (broad SMARTS) is 1. The Labute approximate surface area is 124 Å². The molecule has 2 aromatic rings. The molecule has 108 valence electrons. The molecule has 3 rings (SSSR count). The van der Waals surface area contributed by atoms with Crippen LogP contribution < -0.4 is 5.32 Å². The van der Waals surface area contributed by atoms with Gasteiger partial charge in [0.25, 0.3) is 0 Å². The van der Waals surface area contributed by atoms with Gasteiger partial charge in [0.2, 0.25) is 0 Å². The van der Waals surface area contributed by atoms with Crippen LogP contribution in [0.1, 0.15) is 35.6 Å². The third kappa shape index (κ3) is 2.92. The van der Waals surface area contributed by atoms with Crippen molar-refractivity contribution in [2.24, 2.45) is 0 Å². The quantitative estimate of drug-likeness (QED) is 0.862. The number of nitrogens with one attached hydrogen (secondary N) is 1. The smallest absolute Gasteiger partial charge is 0.405 e. The lowest BCUT2D eigenvalue weighted by Crippen LogP contribution is -2.29. The third-order valence-corrected chi connectivity index (χ3v) is 4.14. The van der Waals surface area contributed by atoms with Crippen LogP contribution in [0.5, 0.6) is 0 Å². The first kappa shape index (κ1) is 13.7. The fourth-order valence-corrected chi connectivity index (χ4v) is 3.04. The number of hydrogen-bond acceptors (Lipinski definition) is 1. The van der Waals surface area contributed by atoms with E-state index in [4.69, 9.17) is 5.11 Å². The van der Waals surface area contributed by atoms with E-state index in [2.05, 4.69) is 54.7 Å². The molecular formula is C18H19NO2. The van der Waals surface area contributed by atoms with Crippen LogP contribution in [0.3, 0.4) is 0 Å². The zero-order chi connectivity index (χ0) is 14.8. The molecule has 0 spiro atoms. The molecule has 2 aromatic carbocycles. The molecule has 1 amide bonds. The Morgan fingerprint density at radius 3 is 2.57 bits per heavy atom. The van der Waals surface area contributed by atoms with E-state index < -0.39 is 6.09 Å². The van der Waals surface area contributed by atoms with Gasteiger partial charge in [0, 0.05) is 0 Å². The summed E-state index contributed by atoms with van der Waals surface area (Å²) in [6, 6.07) is 14.8. The predicted octanol–water partition coefficient (Wildman–Crippen LogP) is 4.31. The summed E-state index contributed by atoms with van der Waals surface area (Å²) in [4.78, 5) is 10.9. The van der Waals surface area contributed by atoms with E-state index in [0.717, 1.165) is 24.8 Å². The highest BCUT2D eigenvalue weighted by molar-refractivity contribution is 5.67. The Bertz CT molecular complexity index is 661. The van der Waals surface area contributed by atoms with Gasteiger partial charge in [-0.25, -0.2) is 4.79 Å². The van der Waals surface area contributed by atoms with Gasteiger partial charge in [-0.05, 0) is 48.4 Å². The Balaban J connectivity index is 1.94. The molecule has 2 N–H and O–H groups in total. The van der Waals surface area contributed by atoms with Crippen molar-refractivity contribution in [2.45, 2.75) is 32.2 Å². The lowest BCUT2D eigenvalue weighted by Gasteiger charge is -2.26. The fourth-order valence-electron chi connectivity index (χ4n) is 3.04. The normalized spacial score (nSPS) is 17.1. The molecule has 0 aliphatic heterocycles. The van der Waals surface area contributed by atoms with E-state index in [1.807, 2.05) is 0 Å². The molecule has 0 heterocycles. The van der Waals surface area contributed by atoms with E-state index in [1.165, 1.54) is 22.3 Å². The number of hydrogen-bond donors (Lipinski definition) is 2. The molecule has 1 aliphatic rings. The van der Waals surface area contributed by atoms with Crippen LogP contribution in [0.15, 0.2) is 42.5 Å². The highest BCUT2D eigenvalue weighted by atomic mass is 16.4. The first-order valence-electron chi connectivity index (χ1n) is 7.33. The minimum atomic E-state index is -0.949. The second-order valence-electron chi connectivity index (χ2n) is 5.67. The minimum absolute atomic E-state index is 0.0710. The number of amides is 1. The number of rotatable bonds is 2. The molecule has 1 atom stereocenters. The highest BCUT2D eigenvalue weighted by Gasteiger charge is 2.21. The Hall–Kier alpha value is -2.29. The van der Waals surface area contributed by atoms with Crippen molar-refractivity contribution in [3.8, 4) is 11.1 Å². The maximum Gasteiger partial charge on any atom is 0.405 e. The molecule has 0 bridgehead atoms. The summed E-state index contributed by atoms with van der Waals surface area (Å²) >= 11 is 0. The van der Waals surface area contributed by atoms with Gasteiger partial charge >= 0.3 is 6.09 Å². The van der Waals surface area contributed by atoms with E-state index in [0.29, 0.717) is 0 Å². The fraction of sp³-hybridized carbons (Fsp3) is 0.278. The van der Waals surface area contributed by atoms with Crippen LogP contribution in [0, 0.1) is 6.92 Å². The van der Waals surface area contributed by atoms with Gasteiger partial charge in [-0.15, -0.1) is 0 Å². The summed E-state index contributed by atoms with van der Waals surface area (Å²) < 4.78 is 0. The van der Waals surface area contributed by atoms with Crippen molar-refractivity contribution in [2.75, 3.05) is 0 Å². The Morgan fingerprint density at radius 1 is 1.14 bits per heavy atom. The standard InChI is InChI=1S/C18H19NO2/c1-12-5-7-13(8-6-12)14-9-10-16-15(11-14)3-2-4-17(16)19-18(20)21/h5-11,17,19H,2-4H2,1H3,(H,20,21). The van der Waals surface area contributed by atoms with Crippen molar-refractivity contribution in [3.63, 3.8) is 0 Å². The molecular weight excluding hydrogens is 262 g/mol. The van der Waals surface area contributed by atoms with Crippen LogP contribution in [-0.2, 0) is 6.42 Å². The van der Waals surface area contributed by atoms with Crippen LogP contribution in [0.4, 0.5) is 4.79 Å². The largest absolute Gasteiger partial charge is 0.465 e. The van der Waals surface area contributed by atoms with Gasteiger partial charge < -0.3 is 10.4 Å². The molecule has 0 saturated heterocycles. The van der Waals surface area contributed by atoms with Crippen LogP contribution >= 0.6 is 0 Å². The summed E-state index contributed by atoms with van der Waals surface area (Å²) in [5.74, 6) is 0. The first-order valence-corrected chi connectivity index (χ1v) is 7.33. The minimum Gasteiger partial charge on any atom is -0.465 e. The van der Waals surface area contributed by atoms with E-state index in [-0.39, 0.29) is 6.04 Å². The second kappa shape index (κ2) is 5.60. The molecule has 3 nitrogen and oxygen atoms in total. The van der Waals surface area contributed by atoms with Gasteiger partial charge in [0.1, 0.15) is 0 Å². The molecule has 0 saturated carbocycles.